The Morgan fingerprint density at radius 3 is 1.81 bits per heavy atom. The fraction of sp³-hybridized carbons (Fsp3) is 0.500. The van der Waals surface area contributed by atoms with Crippen molar-refractivity contribution in [2.45, 2.75) is 36.1 Å². The van der Waals surface area contributed by atoms with Gasteiger partial charge in [0.15, 0.2) is 0 Å². The van der Waals surface area contributed by atoms with Gasteiger partial charge in [-0.05, 0) is 53.1 Å². The van der Waals surface area contributed by atoms with E-state index in [9.17, 15) is 16.8 Å². The van der Waals surface area contributed by atoms with Crippen LogP contribution in [0.4, 0.5) is 0 Å². The van der Waals surface area contributed by atoms with Crippen molar-refractivity contribution in [2.24, 2.45) is 0 Å². The fourth-order valence-electron chi connectivity index (χ4n) is 1.26. The van der Waals surface area contributed by atoms with Crippen LogP contribution in [0, 0.1) is 0 Å². The van der Waals surface area contributed by atoms with Crippen LogP contribution in [-0.2, 0) is 20.1 Å². The van der Waals surface area contributed by atoms with Crippen molar-refractivity contribution in [1.29, 1.82) is 0 Å². The lowest BCUT2D eigenvalue weighted by Gasteiger charge is -2.20. The van der Waals surface area contributed by atoms with E-state index in [0.717, 1.165) is 12.1 Å². The molecule has 1 aromatic carbocycles. The molecule has 0 aliphatic rings. The van der Waals surface area contributed by atoms with Crippen molar-refractivity contribution in [2.75, 3.05) is 14.1 Å². The highest BCUT2D eigenvalue weighted by atomic mass is 32.2. The SMILES string of the molecule is CC(C)(C)NS(=O)(=O)c1cccc(S(=O)(=O)O)c1.CNC. The first-order valence-electron chi connectivity index (χ1n) is 6.03. The van der Waals surface area contributed by atoms with Gasteiger partial charge in [0.25, 0.3) is 10.1 Å². The van der Waals surface area contributed by atoms with E-state index in [1.165, 1.54) is 12.1 Å². The van der Waals surface area contributed by atoms with Crippen LogP contribution in [0.2, 0.25) is 0 Å². The minimum Gasteiger partial charge on any atom is -0.323 e. The van der Waals surface area contributed by atoms with Crippen molar-refractivity contribution in [3.63, 3.8) is 0 Å². The van der Waals surface area contributed by atoms with Gasteiger partial charge in [0, 0.05) is 5.54 Å². The second kappa shape index (κ2) is 7.32. The van der Waals surface area contributed by atoms with Crippen LogP contribution >= 0.6 is 0 Å². The van der Waals surface area contributed by atoms with Crippen LogP contribution in [0.3, 0.4) is 0 Å². The largest absolute Gasteiger partial charge is 0.323 e. The zero-order valence-electron chi connectivity index (χ0n) is 12.7. The predicted molar refractivity (Wildman–Crippen MR) is 81.3 cm³/mol. The predicted octanol–water partition coefficient (Wildman–Crippen LogP) is 0.846. The molecule has 0 bridgehead atoms. The molecule has 0 radical (unpaired) electrons. The first-order chi connectivity index (χ1) is 9.33. The lowest BCUT2D eigenvalue weighted by atomic mass is 10.1. The molecule has 0 aromatic heterocycles. The van der Waals surface area contributed by atoms with Crippen LogP contribution in [0.1, 0.15) is 20.8 Å². The highest BCUT2D eigenvalue weighted by Gasteiger charge is 2.23. The van der Waals surface area contributed by atoms with Crippen molar-refractivity contribution in [3.05, 3.63) is 24.3 Å². The van der Waals surface area contributed by atoms with Crippen LogP contribution in [0.5, 0.6) is 0 Å². The average Bonchev–Trinajstić information content (AvgIpc) is 2.26. The number of nitrogens with one attached hydrogen (secondary N) is 2. The molecule has 0 atom stereocenters. The standard InChI is InChI=1S/C10H15NO5S2.C2H7N/c1-10(2,3)11-17(12,13)8-5-4-6-9(7-8)18(14,15)16;1-3-2/h4-7,11H,1-3H3,(H,14,15,16);3H,1-2H3. The molecule has 0 fully saturated rings. The van der Waals surface area contributed by atoms with Gasteiger partial charge in [0.1, 0.15) is 0 Å². The van der Waals surface area contributed by atoms with Crippen LogP contribution in [0.25, 0.3) is 0 Å². The summed E-state index contributed by atoms with van der Waals surface area (Å²) in [6.07, 6.45) is 0. The zero-order chi connectivity index (χ0) is 16.9. The second-order valence-corrected chi connectivity index (χ2v) is 8.41. The molecular weight excluding hydrogens is 316 g/mol. The summed E-state index contributed by atoms with van der Waals surface area (Å²) in [6, 6.07) is 4.53. The van der Waals surface area contributed by atoms with Gasteiger partial charge in [-0.25, -0.2) is 13.1 Å². The van der Waals surface area contributed by atoms with E-state index in [1.54, 1.807) is 20.8 Å². The van der Waals surface area contributed by atoms with Gasteiger partial charge in [0.2, 0.25) is 10.0 Å². The molecule has 0 amide bonds. The highest BCUT2D eigenvalue weighted by molar-refractivity contribution is 7.89. The number of rotatable bonds is 3. The van der Waals surface area contributed by atoms with E-state index in [-0.39, 0.29) is 4.90 Å². The minimum absolute atomic E-state index is 0.215. The summed E-state index contributed by atoms with van der Waals surface area (Å²) in [5, 5.41) is 2.75. The molecular formula is C12H22N2O5S2. The summed E-state index contributed by atoms with van der Waals surface area (Å²) in [5.41, 5.74) is -0.688. The third kappa shape index (κ3) is 7.53. The molecule has 21 heavy (non-hydrogen) atoms. The van der Waals surface area contributed by atoms with Crippen LogP contribution in [0.15, 0.2) is 34.1 Å². The summed E-state index contributed by atoms with van der Waals surface area (Å²) in [4.78, 5) is -0.674. The van der Waals surface area contributed by atoms with E-state index in [0.29, 0.717) is 0 Å². The average molecular weight is 338 g/mol. The molecule has 7 nitrogen and oxygen atoms in total. The Hall–Kier alpha value is -1.00. The third-order valence-corrected chi connectivity index (χ3v) is 4.46. The quantitative estimate of drug-likeness (QED) is 0.704. The van der Waals surface area contributed by atoms with Gasteiger partial charge in [-0.3, -0.25) is 4.55 Å². The normalized spacial score (nSPS) is 12.5. The summed E-state index contributed by atoms with van der Waals surface area (Å²) in [6.45, 7) is 4.99. The number of hydrogen-bond donors (Lipinski definition) is 3. The number of hydrogen-bond acceptors (Lipinski definition) is 5. The highest BCUT2D eigenvalue weighted by Crippen LogP contribution is 2.17. The van der Waals surface area contributed by atoms with Gasteiger partial charge in [-0.15, -0.1) is 0 Å². The fourth-order valence-corrected chi connectivity index (χ4v) is 3.33. The first kappa shape index (κ1) is 20.0. The molecule has 0 spiro atoms. The Labute approximate surface area is 126 Å². The minimum atomic E-state index is -4.42. The molecule has 0 aliphatic carbocycles. The topological polar surface area (TPSA) is 113 Å². The van der Waals surface area contributed by atoms with E-state index >= 15 is 0 Å². The lowest BCUT2D eigenvalue weighted by molar-refractivity contribution is 0.483. The summed E-state index contributed by atoms with van der Waals surface area (Å²) in [5.74, 6) is 0. The lowest BCUT2D eigenvalue weighted by Crippen LogP contribution is -2.40. The number of benzene rings is 1. The third-order valence-electron chi connectivity index (χ3n) is 1.85. The van der Waals surface area contributed by atoms with E-state index in [2.05, 4.69) is 10.0 Å². The Morgan fingerprint density at radius 1 is 1.00 bits per heavy atom. The maximum absolute atomic E-state index is 11.9. The zero-order valence-corrected chi connectivity index (χ0v) is 14.3. The van der Waals surface area contributed by atoms with Gasteiger partial charge >= 0.3 is 0 Å². The smallest absolute Gasteiger partial charge is 0.294 e. The monoisotopic (exact) mass is 338 g/mol. The Bertz CT molecular complexity index is 661. The van der Waals surface area contributed by atoms with E-state index in [4.69, 9.17) is 4.55 Å². The first-order valence-corrected chi connectivity index (χ1v) is 8.96. The number of sulfonamides is 1. The maximum atomic E-state index is 11.9. The molecule has 1 rings (SSSR count). The van der Waals surface area contributed by atoms with Crippen molar-refractivity contribution < 1.29 is 21.4 Å². The van der Waals surface area contributed by atoms with Crippen LogP contribution < -0.4 is 10.0 Å². The molecule has 0 heterocycles. The van der Waals surface area contributed by atoms with E-state index in [1.807, 2.05) is 14.1 Å². The van der Waals surface area contributed by atoms with Gasteiger partial charge in [-0.1, -0.05) is 6.07 Å². The Morgan fingerprint density at radius 2 is 1.43 bits per heavy atom. The molecule has 0 saturated carbocycles. The van der Waals surface area contributed by atoms with Crippen LogP contribution in [-0.4, -0.2) is 41.0 Å². The molecule has 0 aliphatic heterocycles. The van der Waals surface area contributed by atoms with Gasteiger partial charge in [0.05, 0.1) is 9.79 Å². The maximum Gasteiger partial charge on any atom is 0.294 e. The summed E-state index contributed by atoms with van der Waals surface area (Å²) >= 11 is 0. The molecule has 0 saturated heterocycles. The van der Waals surface area contributed by atoms with E-state index < -0.39 is 30.6 Å². The molecule has 3 N–H and O–H groups in total. The summed E-state index contributed by atoms with van der Waals surface area (Å²) < 4.78 is 57.0. The van der Waals surface area contributed by atoms with Crippen molar-refractivity contribution in [1.82, 2.24) is 10.0 Å². The Balaban J connectivity index is 0.00000122. The summed E-state index contributed by atoms with van der Waals surface area (Å²) in [7, 11) is -4.50. The van der Waals surface area contributed by atoms with Crippen molar-refractivity contribution >= 4 is 20.1 Å². The second-order valence-electron chi connectivity index (χ2n) is 5.31. The molecule has 1 aromatic rings. The van der Waals surface area contributed by atoms with Gasteiger partial charge < -0.3 is 5.32 Å². The van der Waals surface area contributed by atoms with Gasteiger partial charge in [-0.2, -0.15) is 8.42 Å². The molecule has 0 unspecified atom stereocenters. The molecule has 9 heteroatoms. The van der Waals surface area contributed by atoms with Crippen molar-refractivity contribution in [3.8, 4) is 0 Å². The Kier molecular flexibility index (Phi) is 6.97. The molecule has 122 valence electrons.